The molecule has 0 aliphatic carbocycles. The van der Waals surface area contributed by atoms with Crippen LogP contribution in [0.5, 0.6) is 0 Å². The number of imide groups is 1. The maximum Gasteiger partial charge on any atom is 0.278 e. The van der Waals surface area contributed by atoms with Crippen molar-refractivity contribution in [1.29, 1.82) is 0 Å². The second-order valence-electron chi connectivity index (χ2n) is 8.95. The Kier molecular flexibility index (Phi) is 8.51. The molecule has 6 heteroatoms. The van der Waals surface area contributed by atoms with E-state index in [0.717, 1.165) is 41.2 Å². The highest BCUT2D eigenvalue weighted by molar-refractivity contribution is 6.36. The smallest absolute Gasteiger partial charge is 0.278 e. The highest BCUT2D eigenvalue weighted by Gasteiger charge is 2.39. The van der Waals surface area contributed by atoms with Gasteiger partial charge in [0.1, 0.15) is 5.70 Å². The van der Waals surface area contributed by atoms with Crippen molar-refractivity contribution in [3.05, 3.63) is 64.9 Å². The number of rotatable bonds is 11. The molecule has 3 rings (SSSR count). The van der Waals surface area contributed by atoms with Gasteiger partial charge in [-0.2, -0.15) is 0 Å². The highest BCUT2D eigenvalue weighted by atomic mass is 16.5. The second-order valence-corrected chi connectivity index (χ2v) is 8.95. The van der Waals surface area contributed by atoms with Gasteiger partial charge in [-0.05, 0) is 83.4 Å². The fourth-order valence-electron chi connectivity index (χ4n) is 4.27. The van der Waals surface area contributed by atoms with Crippen LogP contribution in [0, 0.1) is 13.8 Å². The van der Waals surface area contributed by atoms with Gasteiger partial charge in [-0.3, -0.25) is 14.5 Å². The summed E-state index contributed by atoms with van der Waals surface area (Å²) in [5.41, 5.74) is 5.53. The summed E-state index contributed by atoms with van der Waals surface area (Å²) < 4.78 is 5.60. The molecule has 0 saturated carbocycles. The summed E-state index contributed by atoms with van der Waals surface area (Å²) in [5, 5.41) is 3.27. The number of ether oxygens (including phenoxy) is 1. The van der Waals surface area contributed by atoms with Crippen LogP contribution < -0.4 is 10.2 Å². The van der Waals surface area contributed by atoms with Gasteiger partial charge in [0.2, 0.25) is 0 Å². The second kappa shape index (κ2) is 11.3. The molecule has 1 N–H and O–H groups in total. The van der Waals surface area contributed by atoms with Crippen LogP contribution in [0.25, 0.3) is 5.57 Å². The number of aryl methyl sites for hydroxylation is 2. The number of carbonyl (C=O) groups excluding carboxylic acids is 2. The molecule has 0 saturated heterocycles. The quantitative estimate of drug-likeness (QED) is 0.369. The molecule has 182 valence electrons. The van der Waals surface area contributed by atoms with E-state index in [0.29, 0.717) is 30.8 Å². The first-order valence-electron chi connectivity index (χ1n) is 12.2. The summed E-state index contributed by atoms with van der Waals surface area (Å²) >= 11 is 0. The zero-order valence-corrected chi connectivity index (χ0v) is 21.3. The van der Waals surface area contributed by atoms with Crippen LogP contribution in [0.2, 0.25) is 0 Å². The molecule has 2 amide bonds. The Bertz CT molecular complexity index is 1050. The van der Waals surface area contributed by atoms with Gasteiger partial charge in [0.15, 0.2) is 0 Å². The first-order valence-corrected chi connectivity index (χ1v) is 12.2. The Morgan fingerprint density at radius 1 is 0.971 bits per heavy atom. The predicted molar refractivity (Wildman–Crippen MR) is 139 cm³/mol. The van der Waals surface area contributed by atoms with Gasteiger partial charge in [-0.25, -0.2) is 0 Å². The Morgan fingerprint density at radius 2 is 1.65 bits per heavy atom. The molecule has 0 aromatic heterocycles. The molecule has 1 aliphatic heterocycles. The number of anilines is 2. The van der Waals surface area contributed by atoms with Crippen LogP contribution in [0.1, 0.15) is 50.8 Å². The maximum absolute atomic E-state index is 13.5. The van der Waals surface area contributed by atoms with Crippen LogP contribution >= 0.6 is 0 Å². The number of amides is 2. The fourth-order valence-corrected chi connectivity index (χ4v) is 4.27. The average molecular weight is 464 g/mol. The first-order chi connectivity index (χ1) is 16.3. The number of hydrogen-bond acceptors (Lipinski definition) is 5. The van der Waals surface area contributed by atoms with Crippen LogP contribution in [0.15, 0.2) is 48.2 Å². The Balaban J connectivity index is 1.92. The zero-order chi connectivity index (χ0) is 24.8. The number of benzene rings is 2. The van der Waals surface area contributed by atoms with Gasteiger partial charge in [-0.1, -0.05) is 23.8 Å². The van der Waals surface area contributed by atoms with Gasteiger partial charge >= 0.3 is 0 Å². The van der Waals surface area contributed by atoms with Crippen molar-refractivity contribution in [2.24, 2.45) is 0 Å². The number of hydrogen-bond donors (Lipinski definition) is 1. The highest BCUT2D eigenvalue weighted by Crippen LogP contribution is 2.33. The summed E-state index contributed by atoms with van der Waals surface area (Å²) in [5.74, 6) is -0.555. The molecule has 6 nitrogen and oxygen atoms in total. The number of nitrogens with zero attached hydrogens (tertiary/aromatic N) is 2. The minimum Gasteiger partial charge on any atom is -0.379 e. The summed E-state index contributed by atoms with van der Waals surface area (Å²) in [4.78, 5) is 30.5. The normalized spacial score (nSPS) is 13.9. The summed E-state index contributed by atoms with van der Waals surface area (Å²) in [6.07, 6.45) is 0.715. The average Bonchev–Trinajstić information content (AvgIpc) is 3.02. The largest absolute Gasteiger partial charge is 0.379 e. The zero-order valence-electron chi connectivity index (χ0n) is 21.3. The molecule has 0 radical (unpaired) electrons. The van der Waals surface area contributed by atoms with Crippen LogP contribution in [-0.2, 0) is 14.3 Å². The molecule has 0 bridgehead atoms. The lowest BCUT2D eigenvalue weighted by Gasteiger charge is -2.21. The van der Waals surface area contributed by atoms with Gasteiger partial charge in [0, 0.05) is 37.6 Å². The van der Waals surface area contributed by atoms with Gasteiger partial charge < -0.3 is 15.0 Å². The van der Waals surface area contributed by atoms with E-state index in [2.05, 4.69) is 24.1 Å². The topological polar surface area (TPSA) is 61.9 Å². The Labute approximate surface area is 203 Å². The van der Waals surface area contributed by atoms with Gasteiger partial charge in [0.05, 0.1) is 11.7 Å². The molecule has 34 heavy (non-hydrogen) atoms. The van der Waals surface area contributed by atoms with E-state index in [1.807, 2.05) is 70.2 Å². The van der Waals surface area contributed by atoms with Crippen molar-refractivity contribution in [3.63, 3.8) is 0 Å². The molecule has 0 spiro atoms. The maximum atomic E-state index is 13.5. The fraction of sp³-hybridized carbons (Fsp3) is 0.429. The van der Waals surface area contributed by atoms with E-state index in [9.17, 15) is 9.59 Å². The lowest BCUT2D eigenvalue weighted by atomic mass is 9.97. The molecule has 0 unspecified atom stereocenters. The van der Waals surface area contributed by atoms with Crippen LogP contribution in [0.4, 0.5) is 11.4 Å². The minimum atomic E-state index is -0.294. The first kappa shape index (κ1) is 25.5. The van der Waals surface area contributed by atoms with Crippen LogP contribution in [0.3, 0.4) is 0 Å². The molecule has 1 heterocycles. The summed E-state index contributed by atoms with van der Waals surface area (Å²) in [6, 6.07) is 13.9. The Hall–Kier alpha value is -3.12. The molecular formula is C28H37N3O3. The molecule has 0 fully saturated rings. The monoisotopic (exact) mass is 463 g/mol. The standard InChI is InChI=1S/C28H37N3O3/c1-7-30(8-2)23-13-11-22(12-14-23)29-26-25(24-15-10-20(5)18-21(24)6)27(32)31(28(26)33)16-9-17-34-19(3)4/h10-15,18-19,29H,7-9,16-17H2,1-6H3. The molecular weight excluding hydrogens is 426 g/mol. The Morgan fingerprint density at radius 3 is 2.24 bits per heavy atom. The number of nitrogens with one attached hydrogen (secondary N) is 1. The third-order valence-corrected chi connectivity index (χ3v) is 6.06. The molecule has 2 aromatic carbocycles. The van der Waals surface area contributed by atoms with E-state index in [4.69, 9.17) is 4.74 Å². The molecule has 2 aromatic rings. The van der Waals surface area contributed by atoms with Crippen molar-refractivity contribution in [2.75, 3.05) is 36.5 Å². The van der Waals surface area contributed by atoms with Gasteiger partial charge in [-0.15, -0.1) is 0 Å². The molecule has 1 aliphatic rings. The van der Waals surface area contributed by atoms with Crippen LogP contribution in [-0.4, -0.2) is 49.1 Å². The third-order valence-electron chi connectivity index (χ3n) is 6.06. The van der Waals surface area contributed by atoms with Crippen molar-refractivity contribution >= 4 is 28.8 Å². The van der Waals surface area contributed by atoms with E-state index >= 15 is 0 Å². The number of carbonyl (C=O) groups is 2. The van der Waals surface area contributed by atoms with Crippen molar-refractivity contribution < 1.29 is 14.3 Å². The summed E-state index contributed by atoms with van der Waals surface area (Å²) in [7, 11) is 0. The SMILES string of the molecule is CCN(CC)c1ccc(NC2=C(c3ccc(C)cc3C)C(=O)N(CCCOC(C)C)C2=O)cc1. The summed E-state index contributed by atoms with van der Waals surface area (Å²) in [6.45, 7) is 14.9. The van der Waals surface area contributed by atoms with E-state index in [1.165, 1.54) is 4.90 Å². The van der Waals surface area contributed by atoms with E-state index in [-0.39, 0.29) is 17.9 Å². The van der Waals surface area contributed by atoms with Gasteiger partial charge in [0.25, 0.3) is 11.8 Å². The lowest BCUT2D eigenvalue weighted by Crippen LogP contribution is -2.34. The molecule has 0 atom stereocenters. The van der Waals surface area contributed by atoms with Crippen molar-refractivity contribution in [3.8, 4) is 0 Å². The van der Waals surface area contributed by atoms with Crippen molar-refractivity contribution in [2.45, 2.75) is 54.1 Å². The lowest BCUT2D eigenvalue weighted by molar-refractivity contribution is -0.137. The van der Waals surface area contributed by atoms with Crippen molar-refractivity contribution in [1.82, 2.24) is 4.90 Å². The minimum absolute atomic E-state index is 0.116. The third kappa shape index (κ3) is 5.68. The van der Waals surface area contributed by atoms with E-state index < -0.39 is 0 Å². The predicted octanol–water partition coefficient (Wildman–Crippen LogP) is 5.16. The van der Waals surface area contributed by atoms with E-state index in [1.54, 1.807) is 0 Å².